The van der Waals surface area contributed by atoms with Crippen molar-refractivity contribution in [3.8, 4) is 0 Å². The number of carbonyl (C=O) groups is 4. The molecule has 4 unspecified atom stereocenters. The average molecular weight is 431 g/mol. The van der Waals surface area contributed by atoms with Crippen molar-refractivity contribution >= 4 is 23.8 Å². The van der Waals surface area contributed by atoms with Crippen molar-refractivity contribution in [2.75, 3.05) is 13.1 Å². The van der Waals surface area contributed by atoms with Crippen LogP contribution in [0.15, 0.2) is 24.3 Å². The lowest BCUT2D eigenvalue weighted by Gasteiger charge is -2.31. The molecular weight excluding hydrogens is 400 g/mol. The van der Waals surface area contributed by atoms with Crippen molar-refractivity contribution in [2.24, 2.45) is 17.6 Å². The first-order valence-corrected chi connectivity index (χ1v) is 10.7. The molecule has 2 aliphatic rings. The normalized spacial score (nSPS) is 27.4. The number of imide groups is 1. The van der Waals surface area contributed by atoms with Gasteiger partial charge >= 0.3 is 12.0 Å². The number of unbranched alkanes of at least 4 members (excludes halogenated alkanes) is 1. The summed E-state index contributed by atoms with van der Waals surface area (Å²) in [7, 11) is 0. The van der Waals surface area contributed by atoms with Crippen LogP contribution in [-0.4, -0.2) is 52.4 Å². The number of nitrogens with two attached hydrogens (primary N) is 1. The number of carboxylic acid groups (broad SMARTS) is 1. The van der Waals surface area contributed by atoms with Crippen molar-refractivity contribution in [2.45, 2.75) is 51.1 Å². The second-order valence-electron chi connectivity index (χ2n) is 8.33. The molecule has 9 heteroatoms. The average Bonchev–Trinajstić information content (AvgIpc) is 3.19. The number of benzene rings is 1. The Balaban J connectivity index is 2.01. The minimum Gasteiger partial charge on any atom is -0.480 e. The maximum atomic E-state index is 13.3. The van der Waals surface area contributed by atoms with Crippen LogP contribution in [-0.2, 0) is 14.4 Å². The van der Waals surface area contributed by atoms with Crippen molar-refractivity contribution in [1.29, 1.82) is 0 Å². The van der Waals surface area contributed by atoms with Crippen LogP contribution in [0.1, 0.15) is 49.8 Å². The molecule has 4 atom stereocenters. The molecule has 9 nitrogen and oxygen atoms in total. The molecule has 1 aromatic rings. The third-order valence-electron chi connectivity index (χ3n) is 6.43. The number of urea groups is 1. The van der Waals surface area contributed by atoms with Crippen molar-refractivity contribution in [3.05, 3.63) is 35.4 Å². The smallest absolute Gasteiger partial charge is 0.324 e. The summed E-state index contributed by atoms with van der Waals surface area (Å²) in [4.78, 5) is 51.5. The number of hydrogen-bond donors (Lipinski definition) is 4. The Hall–Kier alpha value is -2.94. The monoisotopic (exact) mass is 430 g/mol. The van der Waals surface area contributed by atoms with Crippen LogP contribution in [0.2, 0.25) is 0 Å². The standard InChI is InChI=1S/C22H30N4O5/c1-3-4-12-26-18(27)15-16(19(26)28)22(20(29)30,10-7-11-24-21(23)31)25-17(15)14-9-6-5-8-13(14)2/h5-6,8-9,15-17,25H,3-4,7,10-12H2,1-2H3,(H,29,30)(H3,23,24,31). The van der Waals surface area contributed by atoms with Crippen LogP contribution < -0.4 is 16.4 Å². The number of rotatable bonds is 9. The Morgan fingerprint density at radius 2 is 1.94 bits per heavy atom. The fourth-order valence-electron chi connectivity index (χ4n) is 4.91. The maximum Gasteiger partial charge on any atom is 0.324 e. The molecule has 168 valence electrons. The van der Waals surface area contributed by atoms with E-state index in [1.165, 1.54) is 4.90 Å². The van der Waals surface area contributed by atoms with Gasteiger partial charge in [-0.15, -0.1) is 0 Å². The molecule has 0 bridgehead atoms. The fourth-order valence-corrected chi connectivity index (χ4v) is 4.91. The summed E-state index contributed by atoms with van der Waals surface area (Å²) in [5.41, 5.74) is 5.22. The number of hydrogen-bond acceptors (Lipinski definition) is 5. The summed E-state index contributed by atoms with van der Waals surface area (Å²) < 4.78 is 0. The zero-order chi connectivity index (χ0) is 22.8. The highest BCUT2D eigenvalue weighted by Crippen LogP contribution is 2.50. The van der Waals surface area contributed by atoms with Gasteiger partial charge in [0.1, 0.15) is 5.54 Å². The molecule has 3 rings (SSSR count). The van der Waals surface area contributed by atoms with Gasteiger partial charge in [0, 0.05) is 19.1 Å². The predicted octanol–water partition coefficient (Wildman–Crippen LogP) is 1.31. The zero-order valence-corrected chi connectivity index (χ0v) is 17.9. The first-order chi connectivity index (χ1) is 14.7. The maximum absolute atomic E-state index is 13.3. The van der Waals surface area contributed by atoms with E-state index in [1.807, 2.05) is 38.1 Å². The summed E-state index contributed by atoms with van der Waals surface area (Å²) in [6.45, 7) is 4.34. The SMILES string of the molecule is CCCCN1C(=O)C2C(c3ccccc3C)NC(CCCNC(N)=O)(C(=O)O)C2C1=O. The van der Waals surface area contributed by atoms with Crippen LogP contribution in [0.4, 0.5) is 4.79 Å². The van der Waals surface area contributed by atoms with Gasteiger partial charge in [0.15, 0.2) is 0 Å². The van der Waals surface area contributed by atoms with E-state index in [0.29, 0.717) is 19.4 Å². The Morgan fingerprint density at radius 3 is 2.55 bits per heavy atom. The zero-order valence-electron chi connectivity index (χ0n) is 17.9. The highest BCUT2D eigenvalue weighted by molar-refractivity contribution is 6.09. The van der Waals surface area contributed by atoms with Crippen molar-refractivity contribution in [3.63, 3.8) is 0 Å². The summed E-state index contributed by atoms with van der Waals surface area (Å²) in [6, 6.07) is 6.20. The molecule has 1 aromatic carbocycles. The van der Waals surface area contributed by atoms with Gasteiger partial charge in [-0.2, -0.15) is 0 Å². The number of nitrogens with one attached hydrogen (secondary N) is 2. The van der Waals surface area contributed by atoms with Gasteiger partial charge in [-0.25, -0.2) is 4.79 Å². The second kappa shape index (κ2) is 9.05. The Morgan fingerprint density at radius 1 is 1.23 bits per heavy atom. The number of primary amides is 1. The van der Waals surface area contributed by atoms with Gasteiger partial charge in [0.05, 0.1) is 11.8 Å². The largest absolute Gasteiger partial charge is 0.480 e. The third-order valence-corrected chi connectivity index (χ3v) is 6.43. The molecule has 0 aromatic heterocycles. The number of aliphatic carboxylic acids is 1. The number of nitrogens with zero attached hydrogens (tertiary/aromatic N) is 1. The minimum atomic E-state index is -1.61. The van der Waals surface area contributed by atoms with Crippen LogP contribution in [0.5, 0.6) is 0 Å². The lowest BCUT2D eigenvalue weighted by Crippen LogP contribution is -2.56. The first kappa shape index (κ1) is 22.7. The van der Waals surface area contributed by atoms with E-state index in [4.69, 9.17) is 5.73 Å². The lowest BCUT2D eigenvalue weighted by atomic mass is 9.76. The molecule has 2 heterocycles. The molecule has 2 saturated heterocycles. The van der Waals surface area contributed by atoms with E-state index >= 15 is 0 Å². The van der Waals surface area contributed by atoms with Gasteiger partial charge in [0.2, 0.25) is 11.8 Å². The Kier molecular flexibility index (Phi) is 6.64. The van der Waals surface area contributed by atoms with Crippen LogP contribution in [0.25, 0.3) is 0 Å². The van der Waals surface area contributed by atoms with E-state index < -0.39 is 41.3 Å². The van der Waals surface area contributed by atoms with E-state index in [2.05, 4.69) is 10.6 Å². The predicted molar refractivity (Wildman–Crippen MR) is 113 cm³/mol. The van der Waals surface area contributed by atoms with Gasteiger partial charge in [-0.3, -0.25) is 24.6 Å². The lowest BCUT2D eigenvalue weighted by molar-refractivity contribution is -0.151. The Bertz CT molecular complexity index is 888. The molecule has 5 N–H and O–H groups in total. The van der Waals surface area contributed by atoms with E-state index in [0.717, 1.165) is 17.5 Å². The van der Waals surface area contributed by atoms with Crippen molar-refractivity contribution < 1.29 is 24.3 Å². The number of carbonyl (C=O) groups excluding carboxylic acids is 3. The van der Waals surface area contributed by atoms with Crippen molar-refractivity contribution in [1.82, 2.24) is 15.5 Å². The molecule has 31 heavy (non-hydrogen) atoms. The molecule has 0 aliphatic carbocycles. The highest BCUT2D eigenvalue weighted by Gasteiger charge is 2.68. The topological polar surface area (TPSA) is 142 Å². The van der Waals surface area contributed by atoms with Crippen LogP contribution in [0.3, 0.4) is 0 Å². The number of amides is 4. The van der Waals surface area contributed by atoms with E-state index in [1.54, 1.807) is 0 Å². The van der Waals surface area contributed by atoms with Gasteiger partial charge in [-0.1, -0.05) is 37.6 Å². The third kappa shape index (κ3) is 4.01. The highest BCUT2D eigenvalue weighted by atomic mass is 16.4. The number of likely N-dealkylation sites (tertiary alicyclic amines) is 1. The minimum absolute atomic E-state index is 0.0762. The second-order valence-corrected chi connectivity index (χ2v) is 8.33. The van der Waals surface area contributed by atoms with Crippen LogP contribution >= 0.6 is 0 Å². The Labute approximate surface area is 181 Å². The molecule has 2 fully saturated rings. The van der Waals surface area contributed by atoms with Crippen LogP contribution in [0, 0.1) is 18.8 Å². The van der Waals surface area contributed by atoms with E-state index in [9.17, 15) is 24.3 Å². The molecule has 0 saturated carbocycles. The van der Waals surface area contributed by atoms with Gasteiger partial charge < -0.3 is 16.2 Å². The molecule has 2 aliphatic heterocycles. The molecule has 0 spiro atoms. The summed E-state index contributed by atoms with van der Waals surface area (Å²) in [6.07, 6.45) is 1.85. The first-order valence-electron chi connectivity index (χ1n) is 10.7. The van der Waals surface area contributed by atoms with Gasteiger partial charge in [0.25, 0.3) is 0 Å². The summed E-state index contributed by atoms with van der Waals surface area (Å²) in [5, 5.41) is 15.9. The number of aryl methyl sites for hydroxylation is 1. The summed E-state index contributed by atoms with van der Waals surface area (Å²) in [5.74, 6) is -3.71. The number of carboxylic acids is 1. The number of fused-ring (bicyclic) bond motifs is 1. The molecular formula is C22H30N4O5. The summed E-state index contributed by atoms with van der Waals surface area (Å²) >= 11 is 0. The molecule has 4 amide bonds. The molecule has 0 radical (unpaired) electrons. The van der Waals surface area contributed by atoms with Gasteiger partial charge in [-0.05, 0) is 37.3 Å². The van der Waals surface area contributed by atoms with E-state index in [-0.39, 0.29) is 18.9 Å². The fraction of sp³-hybridized carbons (Fsp3) is 0.545. The quantitative estimate of drug-likeness (QED) is 0.344.